The SMILES string of the molecule is CC(=O)NCC1(c2ccccn2)CC1. The van der Waals surface area contributed by atoms with Gasteiger partial charge in [-0.25, -0.2) is 0 Å². The molecular formula is C11H14N2O. The number of amides is 1. The van der Waals surface area contributed by atoms with E-state index in [2.05, 4.69) is 10.3 Å². The Hall–Kier alpha value is -1.38. The van der Waals surface area contributed by atoms with E-state index in [4.69, 9.17) is 0 Å². The zero-order valence-corrected chi connectivity index (χ0v) is 8.29. The average molecular weight is 190 g/mol. The summed E-state index contributed by atoms with van der Waals surface area (Å²) in [5, 5.41) is 2.87. The maximum atomic E-state index is 10.8. The lowest BCUT2D eigenvalue weighted by atomic mass is 10.0. The third-order valence-electron chi connectivity index (χ3n) is 2.74. The highest BCUT2D eigenvalue weighted by Gasteiger charge is 2.45. The molecule has 0 aliphatic heterocycles. The number of nitrogens with one attached hydrogen (secondary N) is 1. The molecule has 0 unspecified atom stereocenters. The van der Waals surface area contributed by atoms with Crippen molar-refractivity contribution in [3.8, 4) is 0 Å². The highest BCUT2D eigenvalue weighted by atomic mass is 16.1. The molecule has 3 nitrogen and oxygen atoms in total. The van der Waals surface area contributed by atoms with Gasteiger partial charge in [-0.05, 0) is 25.0 Å². The Labute approximate surface area is 83.5 Å². The number of hydrogen-bond acceptors (Lipinski definition) is 2. The van der Waals surface area contributed by atoms with E-state index < -0.39 is 0 Å². The fourth-order valence-electron chi connectivity index (χ4n) is 1.64. The topological polar surface area (TPSA) is 42.0 Å². The van der Waals surface area contributed by atoms with E-state index in [-0.39, 0.29) is 11.3 Å². The van der Waals surface area contributed by atoms with E-state index in [9.17, 15) is 4.79 Å². The van der Waals surface area contributed by atoms with Crippen molar-refractivity contribution in [3.63, 3.8) is 0 Å². The lowest BCUT2D eigenvalue weighted by Crippen LogP contribution is -2.30. The van der Waals surface area contributed by atoms with E-state index in [1.54, 1.807) is 6.92 Å². The van der Waals surface area contributed by atoms with Crippen LogP contribution in [0.25, 0.3) is 0 Å². The normalized spacial score (nSPS) is 17.5. The predicted octanol–water partition coefficient (Wildman–Crippen LogP) is 1.25. The van der Waals surface area contributed by atoms with Gasteiger partial charge in [0.15, 0.2) is 0 Å². The molecule has 0 radical (unpaired) electrons. The number of hydrogen-bond donors (Lipinski definition) is 1. The lowest BCUT2D eigenvalue weighted by Gasteiger charge is -2.14. The molecule has 0 saturated heterocycles. The first-order chi connectivity index (χ1) is 6.73. The minimum absolute atomic E-state index is 0.0345. The molecule has 0 atom stereocenters. The van der Waals surface area contributed by atoms with Crippen LogP contribution >= 0.6 is 0 Å². The van der Waals surface area contributed by atoms with Gasteiger partial charge in [-0.2, -0.15) is 0 Å². The van der Waals surface area contributed by atoms with Crippen molar-refractivity contribution in [1.82, 2.24) is 10.3 Å². The Morgan fingerprint density at radius 1 is 1.57 bits per heavy atom. The second-order valence-corrected chi connectivity index (χ2v) is 3.91. The van der Waals surface area contributed by atoms with Gasteiger partial charge in [0.25, 0.3) is 0 Å². The first-order valence-corrected chi connectivity index (χ1v) is 4.89. The molecule has 1 aromatic rings. The molecule has 14 heavy (non-hydrogen) atoms. The Kier molecular flexibility index (Phi) is 2.23. The molecule has 1 amide bonds. The predicted molar refractivity (Wildman–Crippen MR) is 53.8 cm³/mol. The van der Waals surface area contributed by atoms with Crippen molar-refractivity contribution in [2.45, 2.75) is 25.2 Å². The van der Waals surface area contributed by atoms with Crippen LogP contribution in [-0.2, 0) is 10.2 Å². The summed E-state index contributed by atoms with van der Waals surface area (Å²) in [4.78, 5) is 15.2. The molecule has 1 saturated carbocycles. The fraction of sp³-hybridized carbons (Fsp3) is 0.455. The molecule has 1 aliphatic carbocycles. The van der Waals surface area contributed by atoms with Gasteiger partial charge in [-0.3, -0.25) is 9.78 Å². The molecule has 0 aromatic carbocycles. The van der Waals surface area contributed by atoms with Crippen molar-refractivity contribution in [2.75, 3.05) is 6.54 Å². The number of carbonyl (C=O) groups is 1. The number of rotatable bonds is 3. The number of aromatic nitrogens is 1. The zero-order valence-electron chi connectivity index (χ0n) is 8.29. The molecule has 1 N–H and O–H groups in total. The van der Waals surface area contributed by atoms with Crippen LogP contribution in [0, 0.1) is 0 Å². The Morgan fingerprint density at radius 2 is 2.36 bits per heavy atom. The summed E-state index contributed by atoms with van der Waals surface area (Å²) < 4.78 is 0. The summed E-state index contributed by atoms with van der Waals surface area (Å²) in [6.45, 7) is 2.27. The standard InChI is InChI=1S/C11H14N2O/c1-9(14)13-8-11(5-6-11)10-4-2-3-7-12-10/h2-4,7H,5-6,8H2,1H3,(H,13,14). The third-order valence-corrected chi connectivity index (χ3v) is 2.74. The Bertz CT molecular complexity index is 330. The Balaban J connectivity index is 2.06. The van der Waals surface area contributed by atoms with Crippen LogP contribution in [0.3, 0.4) is 0 Å². The van der Waals surface area contributed by atoms with Crippen molar-refractivity contribution in [2.24, 2.45) is 0 Å². The lowest BCUT2D eigenvalue weighted by molar-refractivity contribution is -0.119. The van der Waals surface area contributed by atoms with Crippen molar-refractivity contribution in [1.29, 1.82) is 0 Å². The van der Waals surface area contributed by atoms with Crippen molar-refractivity contribution >= 4 is 5.91 Å². The summed E-state index contributed by atoms with van der Waals surface area (Å²) in [5.74, 6) is 0.0345. The van der Waals surface area contributed by atoms with Gasteiger partial charge in [0.1, 0.15) is 0 Å². The van der Waals surface area contributed by atoms with E-state index in [1.165, 1.54) is 0 Å². The number of carbonyl (C=O) groups excluding carboxylic acids is 1. The van der Waals surface area contributed by atoms with Gasteiger partial charge in [-0.1, -0.05) is 6.07 Å². The molecule has 2 rings (SSSR count). The fourth-order valence-corrected chi connectivity index (χ4v) is 1.64. The monoisotopic (exact) mass is 190 g/mol. The summed E-state index contributed by atoms with van der Waals surface area (Å²) in [7, 11) is 0. The molecule has 3 heteroatoms. The Morgan fingerprint density at radius 3 is 2.86 bits per heavy atom. The second-order valence-electron chi connectivity index (χ2n) is 3.91. The molecule has 1 fully saturated rings. The minimum Gasteiger partial charge on any atom is -0.355 e. The van der Waals surface area contributed by atoms with Crippen LogP contribution in [0.1, 0.15) is 25.5 Å². The number of pyridine rings is 1. The quantitative estimate of drug-likeness (QED) is 0.779. The highest BCUT2D eigenvalue weighted by Crippen LogP contribution is 2.46. The summed E-state index contributed by atoms with van der Waals surface area (Å²) >= 11 is 0. The van der Waals surface area contributed by atoms with E-state index in [0.29, 0.717) is 0 Å². The first-order valence-electron chi connectivity index (χ1n) is 4.89. The maximum absolute atomic E-state index is 10.8. The van der Waals surface area contributed by atoms with Gasteiger partial charge < -0.3 is 5.32 Å². The van der Waals surface area contributed by atoms with Gasteiger partial charge in [0, 0.05) is 30.8 Å². The van der Waals surface area contributed by atoms with E-state index >= 15 is 0 Å². The largest absolute Gasteiger partial charge is 0.355 e. The summed E-state index contributed by atoms with van der Waals surface area (Å²) in [6.07, 6.45) is 4.07. The van der Waals surface area contributed by atoms with Crippen molar-refractivity contribution in [3.05, 3.63) is 30.1 Å². The van der Waals surface area contributed by atoms with Gasteiger partial charge in [0.05, 0.1) is 0 Å². The molecule has 0 spiro atoms. The van der Waals surface area contributed by atoms with E-state index in [0.717, 1.165) is 25.1 Å². The third kappa shape index (κ3) is 1.76. The average Bonchev–Trinajstić information content (AvgIpc) is 2.97. The minimum atomic E-state index is 0.0345. The maximum Gasteiger partial charge on any atom is 0.216 e. The molecule has 1 heterocycles. The first kappa shape index (κ1) is 9.19. The van der Waals surface area contributed by atoms with Crippen LogP contribution in [-0.4, -0.2) is 17.4 Å². The molecular weight excluding hydrogens is 176 g/mol. The summed E-state index contributed by atoms with van der Waals surface area (Å²) in [5.41, 5.74) is 1.24. The van der Waals surface area contributed by atoms with Crippen molar-refractivity contribution < 1.29 is 4.79 Å². The van der Waals surface area contributed by atoms with Crippen LogP contribution in [0.15, 0.2) is 24.4 Å². The van der Waals surface area contributed by atoms with Crippen LogP contribution < -0.4 is 5.32 Å². The molecule has 1 aromatic heterocycles. The molecule has 74 valence electrons. The second kappa shape index (κ2) is 3.40. The summed E-state index contributed by atoms with van der Waals surface area (Å²) in [6, 6.07) is 5.95. The van der Waals surface area contributed by atoms with Gasteiger partial charge in [0.2, 0.25) is 5.91 Å². The van der Waals surface area contributed by atoms with Gasteiger partial charge >= 0.3 is 0 Å². The zero-order chi connectivity index (χ0) is 10.0. The number of nitrogens with zero attached hydrogens (tertiary/aromatic N) is 1. The highest BCUT2D eigenvalue weighted by molar-refractivity contribution is 5.73. The molecule has 0 bridgehead atoms. The van der Waals surface area contributed by atoms with Crippen LogP contribution in [0.2, 0.25) is 0 Å². The van der Waals surface area contributed by atoms with E-state index in [1.807, 2.05) is 24.4 Å². The van der Waals surface area contributed by atoms with Gasteiger partial charge in [-0.15, -0.1) is 0 Å². The van der Waals surface area contributed by atoms with Crippen LogP contribution in [0.5, 0.6) is 0 Å². The van der Waals surface area contributed by atoms with Crippen LogP contribution in [0.4, 0.5) is 0 Å². The molecule has 1 aliphatic rings. The smallest absolute Gasteiger partial charge is 0.216 e.